The van der Waals surface area contributed by atoms with Crippen molar-refractivity contribution in [3.05, 3.63) is 47.6 Å². The van der Waals surface area contributed by atoms with Crippen LogP contribution in [0.5, 0.6) is 5.75 Å². The predicted molar refractivity (Wildman–Crippen MR) is 118 cm³/mol. The summed E-state index contributed by atoms with van der Waals surface area (Å²) in [6.45, 7) is 3.97. The van der Waals surface area contributed by atoms with Crippen molar-refractivity contribution in [2.45, 2.75) is 18.6 Å². The Balaban J connectivity index is 1.29. The monoisotopic (exact) mass is 424 g/mol. The Hall–Kier alpha value is -2.79. The summed E-state index contributed by atoms with van der Waals surface area (Å²) in [5.41, 5.74) is 16.7. The molecule has 9 nitrogen and oxygen atoms in total. The highest BCUT2D eigenvalue weighted by Gasteiger charge is 2.38. The van der Waals surface area contributed by atoms with E-state index < -0.39 is 5.79 Å². The Kier molecular flexibility index (Phi) is 4.99. The molecule has 4 heterocycles. The van der Waals surface area contributed by atoms with Gasteiger partial charge in [-0.25, -0.2) is 20.0 Å². The summed E-state index contributed by atoms with van der Waals surface area (Å²) in [5.74, 6) is 0.487. The number of benzene rings is 1. The van der Waals surface area contributed by atoms with Gasteiger partial charge >= 0.3 is 0 Å². The zero-order valence-corrected chi connectivity index (χ0v) is 17.3. The second-order valence-corrected chi connectivity index (χ2v) is 8.34. The lowest BCUT2D eigenvalue weighted by Gasteiger charge is -2.25. The van der Waals surface area contributed by atoms with E-state index in [1.165, 1.54) is 43.6 Å². The Morgan fingerprint density at radius 3 is 2.73 bits per heavy atom. The average Bonchev–Trinajstić information content (AvgIpc) is 3.49. The van der Waals surface area contributed by atoms with Gasteiger partial charge in [0.25, 0.3) is 0 Å². The molecule has 2 aliphatic heterocycles. The third kappa shape index (κ3) is 3.58. The molecule has 3 aromatic rings. The number of thiophene rings is 1. The second-order valence-electron chi connectivity index (χ2n) is 7.44. The minimum Gasteiger partial charge on any atom is -0.492 e. The molecule has 0 amide bonds. The number of ether oxygens (including phenoxy) is 1. The summed E-state index contributed by atoms with van der Waals surface area (Å²) < 4.78 is 5.88. The zero-order chi connectivity index (χ0) is 20.6. The summed E-state index contributed by atoms with van der Waals surface area (Å²) >= 11 is 1.54. The lowest BCUT2D eigenvalue weighted by molar-refractivity contribution is 0.237. The molecular formula is C20H24N8OS. The smallest absolute Gasteiger partial charge is 0.215 e. The van der Waals surface area contributed by atoms with E-state index in [0.717, 1.165) is 28.1 Å². The number of nitrogens with one attached hydrogen (secondary N) is 1. The highest BCUT2D eigenvalue weighted by molar-refractivity contribution is 7.16. The fourth-order valence-electron chi connectivity index (χ4n) is 3.83. The number of nitrogens with zero attached hydrogens (tertiary/aromatic N) is 5. The summed E-state index contributed by atoms with van der Waals surface area (Å²) in [5, 5.41) is 4.46. The molecule has 0 spiro atoms. The van der Waals surface area contributed by atoms with Crippen LogP contribution >= 0.6 is 11.3 Å². The van der Waals surface area contributed by atoms with Crippen LogP contribution < -0.4 is 26.6 Å². The molecule has 1 saturated heterocycles. The van der Waals surface area contributed by atoms with Gasteiger partial charge in [-0.15, -0.1) is 11.3 Å². The first-order valence-corrected chi connectivity index (χ1v) is 10.9. The van der Waals surface area contributed by atoms with Crippen molar-refractivity contribution in [3.63, 3.8) is 0 Å². The van der Waals surface area contributed by atoms with E-state index in [1.54, 1.807) is 5.01 Å². The van der Waals surface area contributed by atoms with Crippen LogP contribution in [0.25, 0.3) is 10.2 Å². The highest BCUT2D eigenvalue weighted by Crippen LogP contribution is 2.31. The number of aromatic nitrogens is 2. The molecule has 5 rings (SSSR count). The van der Waals surface area contributed by atoms with Crippen LogP contribution in [-0.4, -0.2) is 47.1 Å². The molecule has 1 unspecified atom stereocenters. The van der Waals surface area contributed by atoms with Gasteiger partial charge in [-0.3, -0.25) is 10.6 Å². The molecule has 1 aromatic carbocycles. The van der Waals surface area contributed by atoms with Crippen LogP contribution in [0.3, 0.4) is 0 Å². The Morgan fingerprint density at radius 1 is 1.13 bits per heavy atom. The normalized spacial score (nSPS) is 22.0. The van der Waals surface area contributed by atoms with Crippen molar-refractivity contribution >= 4 is 33.3 Å². The third-order valence-electron chi connectivity index (χ3n) is 5.42. The molecule has 10 heteroatoms. The number of rotatable bonds is 6. The maximum atomic E-state index is 6.54. The van der Waals surface area contributed by atoms with Crippen molar-refractivity contribution in [3.8, 4) is 5.75 Å². The van der Waals surface area contributed by atoms with Crippen LogP contribution in [0.2, 0.25) is 0 Å². The van der Waals surface area contributed by atoms with Crippen LogP contribution in [0.4, 0.5) is 5.82 Å². The molecule has 156 valence electrons. The van der Waals surface area contributed by atoms with Crippen LogP contribution in [0.15, 0.2) is 47.0 Å². The molecule has 2 aliphatic rings. The number of hydrazine groups is 1. The summed E-state index contributed by atoms with van der Waals surface area (Å²) in [7, 11) is 0. The number of nitrogens with two attached hydrogens (primary N) is 2. The van der Waals surface area contributed by atoms with Gasteiger partial charge in [-0.05, 0) is 49.5 Å². The SMILES string of the molecule is NC1=NC(N)(c2ccc(OCCN3CCCC3)cc2)NN1c1ncnc2sccc12. The van der Waals surface area contributed by atoms with Crippen molar-refractivity contribution in [1.29, 1.82) is 0 Å². The van der Waals surface area contributed by atoms with Gasteiger partial charge in [0.1, 0.15) is 23.5 Å². The van der Waals surface area contributed by atoms with E-state index in [2.05, 4.69) is 25.3 Å². The molecule has 30 heavy (non-hydrogen) atoms. The molecule has 0 aliphatic carbocycles. The molecule has 5 N–H and O–H groups in total. The largest absolute Gasteiger partial charge is 0.492 e. The van der Waals surface area contributed by atoms with Crippen molar-refractivity contribution in [2.75, 3.05) is 31.3 Å². The summed E-state index contributed by atoms with van der Waals surface area (Å²) in [6, 6.07) is 9.57. The topological polar surface area (TPSA) is 118 Å². The highest BCUT2D eigenvalue weighted by atomic mass is 32.1. The van der Waals surface area contributed by atoms with Gasteiger partial charge < -0.3 is 10.5 Å². The number of hydrogen-bond donors (Lipinski definition) is 3. The Bertz CT molecular complexity index is 1060. The number of aliphatic imine (C=N–C) groups is 1. The van der Waals surface area contributed by atoms with Gasteiger partial charge in [0.2, 0.25) is 11.7 Å². The number of likely N-dealkylation sites (tertiary alicyclic amines) is 1. The van der Waals surface area contributed by atoms with E-state index in [0.29, 0.717) is 12.4 Å². The maximum Gasteiger partial charge on any atom is 0.215 e. The second kappa shape index (κ2) is 7.80. The van der Waals surface area contributed by atoms with Gasteiger partial charge in [0, 0.05) is 12.1 Å². The Morgan fingerprint density at radius 2 is 1.93 bits per heavy atom. The fourth-order valence-corrected chi connectivity index (χ4v) is 4.56. The summed E-state index contributed by atoms with van der Waals surface area (Å²) in [6.07, 6.45) is 4.08. The van der Waals surface area contributed by atoms with Gasteiger partial charge in [-0.1, -0.05) is 12.1 Å². The molecule has 0 radical (unpaired) electrons. The van der Waals surface area contributed by atoms with Crippen molar-refractivity contribution in [1.82, 2.24) is 20.3 Å². The van der Waals surface area contributed by atoms with Crippen molar-refractivity contribution < 1.29 is 4.74 Å². The van der Waals surface area contributed by atoms with E-state index in [4.69, 9.17) is 16.2 Å². The standard InChI is InChI=1S/C20H24N8OS/c21-19-25-20(22,26-28(19)17-16-7-12-30-18(16)24-13-23-17)14-3-5-15(6-4-14)29-11-10-27-8-1-2-9-27/h3-7,12-13,26H,1-2,8-11,22H2,(H2,21,25). The van der Waals surface area contributed by atoms with E-state index in [-0.39, 0.29) is 5.96 Å². The molecule has 0 saturated carbocycles. The minimum atomic E-state index is -1.19. The van der Waals surface area contributed by atoms with E-state index in [9.17, 15) is 0 Å². The summed E-state index contributed by atoms with van der Waals surface area (Å²) in [4.78, 5) is 16.4. The number of guanidine groups is 1. The quantitative estimate of drug-likeness (QED) is 0.546. The van der Waals surface area contributed by atoms with Crippen molar-refractivity contribution in [2.24, 2.45) is 16.5 Å². The molecule has 0 bridgehead atoms. The molecular weight excluding hydrogens is 400 g/mol. The lowest BCUT2D eigenvalue weighted by atomic mass is 10.1. The first kappa shape index (κ1) is 19.2. The number of hydrogen-bond acceptors (Lipinski definition) is 10. The molecule has 2 aromatic heterocycles. The lowest BCUT2D eigenvalue weighted by Crippen LogP contribution is -2.53. The van der Waals surface area contributed by atoms with E-state index >= 15 is 0 Å². The molecule has 1 atom stereocenters. The number of fused-ring (bicyclic) bond motifs is 1. The van der Waals surface area contributed by atoms with Gasteiger partial charge in [0.05, 0.1) is 5.39 Å². The van der Waals surface area contributed by atoms with Gasteiger partial charge in [0.15, 0.2) is 5.82 Å². The third-order valence-corrected chi connectivity index (χ3v) is 6.24. The first-order valence-electron chi connectivity index (χ1n) is 9.98. The van der Waals surface area contributed by atoms with Gasteiger partial charge in [-0.2, -0.15) is 5.43 Å². The number of anilines is 1. The van der Waals surface area contributed by atoms with Crippen LogP contribution in [0.1, 0.15) is 18.4 Å². The maximum absolute atomic E-state index is 6.54. The van der Waals surface area contributed by atoms with Crippen LogP contribution in [0, 0.1) is 0 Å². The molecule has 1 fully saturated rings. The Labute approximate surface area is 178 Å². The first-order chi connectivity index (χ1) is 14.6. The van der Waals surface area contributed by atoms with E-state index in [1.807, 2.05) is 35.7 Å². The average molecular weight is 425 g/mol. The minimum absolute atomic E-state index is 0.245. The predicted octanol–water partition coefficient (Wildman–Crippen LogP) is 1.57. The zero-order valence-electron chi connectivity index (χ0n) is 16.5. The fraction of sp³-hybridized carbons (Fsp3) is 0.350. The van der Waals surface area contributed by atoms with Crippen LogP contribution in [-0.2, 0) is 5.79 Å².